The van der Waals surface area contributed by atoms with E-state index in [2.05, 4.69) is 11.8 Å². The standard InChI is InChI=1S/C8H10O2/c1-7(2)5-3-4-6-8(9)10/h4,6-7H,1-2H3,(H,9,10)/b6-4+. The van der Waals surface area contributed by atoms with Gasteiger partial charge in [-0.25, -0.2) is 4.79 Å². The van der Waals surface area contributed by atoms with Gasteiger partial charge in [0.15, 0.2) is 0 Å². The summed E-state index contributed by atoms with van der Waals surface area (Å²) in [5, 5.41) is 8.12. The summed E-state index contributed by atoms with van der Waals surface area (Å²) in [6.45, 7) is 3.89. The van der Waals surface area contributed by atoms with E-state index >= 15 is 0 Å². The molecular formula is C8H10O2. The molecule has 0 bridgehead atoms. The van der Waals surface area contributed by atoms with Crippen LogP contribution in [0.2, 0.25) is 0 Å². The Kier molecular flexibility index (Phi) is 4.06. The van der Waals surface area contributed by atoms with Crippen molar-refractivity contribution in [1.82, 2.24) is 0 Å². The molecule has 0 saturated heterocycles. The van der Waals surface area contributed by atoms with Gasteiger partial charge in [-0.3, -0.25) is 0 Å². The van der Waals surface area contributed by atoms with Crippen LogP contribution >= 0.6 is 0 Å². The molecule has 54 valence electrons. The zero-order valence-electron chi connectivity index (χ0n) is 6.09. The third-order valence-electron chi connectivity index (χ3n) is 0.681. The molecule has 0 fully saturated rings. The molecule has 0 saturated carbocycles. The Hall–Kier alpha value is -1.23. The van der Waals surface area contributed by atoms with Gasteiger partial charge in [-0.2, -0.15) is 0 Å². The van der Waals surface area contributed by atoms with Gasteiger partial charge in [0.05, 0.1) is 0 Å². The predicted octanol–water partition coefficient (Wildman–Crippen LogP) is 1.29. The van der Waals surface area contributed by atoms with Crippen LogP contribution in [0.15, 0.2) is 12.2 Å². The first-order valence-electron chi connectivity index (χ1n) is 3.03. The lowest BCUT2D eigenvalue weighted by molar-refractivity contribution is -0.131. The number of aliphatic carboxylic acids is 1. The maximum atomic E-state index is 9.89. The highest BCUT2D eigenvalue weighted by molar-refractivity contribution is 5.80. The van der Waals surface area contributed by atoms with Crippen LogP contribution in [0.3, 0.4) is 0 Å². The lowest BCUT2D eigenvalue weighted by Gasteiger charge is -1.83. The predicted molar refractivity (Wildman–Crippen MR) is 39.4 cm³/mol. The van der Waals surface area contributed by atoms with E-state index in [1.165, 1.54) is 6.08 Å². The van der Waals surface area contributed by atoms with Crippen molar-refractivity contribution < 1.29 is 9.90 Å². The maximum absolute atomic E-state index is 9.89. The van der Waals surface area contributed by atoms with Crippen molar-refractivity contribution in [2.45, 2.75) is 13.8 Å². The van der Waals surface area contributed by atoms with Crippen molar-refractivity contribution in [1.29, 1.82) is 0 Å². The summed E-state index contributed by atoms with van der Waals surface area (Å²) in [6.07, 6.45) is 2.36. The summed E-state index contributed by atoms with van der Waals surface area (Å²) in [5.41, 5.74) is 0. The zero-order valence-corrected chi connectivity index (χ0v) is 6.09. The molecular weight excluding hydrogens is 128 g/mol. The molecule has 0 aliphatic heterocycles. The average molecular weight is 138 g/mol. The van der Waals surface area contributed by atoms with Crippen molar-refractivity contribution in [3.8, 4) is 11.8 Å². The van der Waals surface area contributed by atoms with Crippen molar-refractivity contribution in [3.63, 3.8) is 0 Å². The Morgan fingerprint density at radius 1 is 1.60 bits per heavy atom. The van der Waals surface area contributed by atoms with Crippen molar-refractivity contribution in [2.75, 3.05) is 0 Å². The van der Waals surface area contributed by atoms with E-state index in [9.17, 15) is 4.79 Å². The summed E-state index contributed by atoms with van der Waals surface area (Å²) in [4.78, 5) is 9.89. The summed E-state index contributed by atoms with van der Waals surface area (Å²) in [6, 6.07) is 0. The lowest BCUT2D eigenvalue weighted by atomic mass is 10.2. The highest BCUT2D eigenvalue weighted by atomic mass is 16.4. The molecule has 0 aliphatic rings. The van der Waals surface area contributed by atoms with E-state index < -0.39 is 5.97 Å². The Morgan fingerprint density at radius 3 is 2.60 bits per heavy atom. The zero-order chi connectivity index (χ0) is 7.98. The van der Waals surface area contributed by atoms with Crippen molar-refractivity contribution in [3.05, 3.63) is 12.2 Å². The van der Waals surface area contributed by atoms with E-state index in [-0.39, 0.29) is 0 Å². The van der Waals surface area contributed by atoms with E-state index in [4.69, 9.17) is 5.11 Å². The largest absolute Gasteiger partial charge is 0.478 e. The Morgan fingerprint density at radius 2 is 2.20 bits per heavy atom. The van der Waals surface area contributed by atoms with Crippen LogP contribution in [0.25, 0.3) is 0 Å². The second-order valence-electron chi connectivity index (χ2n) is 2.11. The fourth-order valence-corrected chi connectivity index (χ4v) is 0.328. The van der Waals surface area contributed by atoms with E-state index in [0.29, 0.717) is 5.92 Å². The molecule has 0 spiro atoms. The normalized spacial score (nSPS) is 9.50. The Balaban J connectivity index is 3.76. The molecule has 0 aromatic heterocycles. The van der Waals surface area contributed by atoms with Gasteiger partial charge in [0.1, 0.15) is 0 Å². The quantitative estimate of drug-likeness (QED) is 0.438. The monoisotopic (exact) mass is 138 g/mol. The number of rotatable bonds is 1. The lowest BCUT2D eigenvalue weighted by Crippen LogP contribution is -1.84. The van der Waals surface area contributed by atoms with E-state index in [1.807, 2.05) is 13.8 Å². The molecule has 0 aromatic carbocycles. The number of carboxylic acids is 1. The SMILES string of the molecule is CC(C)C#C/C=C/C(=O)O. The van der Waals surface area contributed by atoms with Gasteiger partial charge < -0.3 is 5.11 Å². The van der Waals surface area contributed by atoms with E-state index in [1.54, 1.807) is 0 Å². The van der Waals surface area contributed by atoms with Crippen molar-refractivity contribution in [2.24, 2.45) is 5.92 Å². The second kappa shape index (κ2) is 4.63. The maximum Gasteiger partial charge on any atom is 0.328 e. The summed E-state index contributed by atoms with van der Waals surface area (Å²) in [5.74, 6) is 4.74. The number of allylic oxidation sites excluding steroid dienone is 1. The van der Waals surface area contributed by atoms with Crippen LogP contribution in [0.4, 0.5) is 0 Å². The fraction of sp³-hybridized carbons (Fsp3) is 0.375. The first-order valence-corrected chi connectivity index (χ1v) is 3.03. The molecule has 0 atom stereocenters. The molecule has 0 heterocycles. The summed E-state index contributed by atoms with van der Waals surface area (Å²) < 4.78 is 0. The first-order chi connectivity index (χ1) is 4.63. The summed E-state index contributed by atoms with van der Waals surface area (Å²) >= 11 is 0. The van der Waals surface area contributed by atoms with Crippen LogP contribution < -0.4 is 0 Å². The van der Waals surface area contributed by atoms with Gasteiger partial charge in [0.25, 0.3) is 0 Å². The van der Waals surface area contributed by atoms with Crippen LogP contribution in [0.5, 0.6) is 0 Å². The topological polar surface area (TPSA) is 37.3 Å². The number of carboxylic acid groups (broad SMARTS) is 1. The van der Waals surface area contributed by atoms with Crippen molar-refractivity contribution >= 4 is 5.97 Å². The molecule has 2 nitrogen and oxygen atoms in total. The molecule has 0 radical (unpaired) electrons. The molecule has 0 unspecified atom stereocenters. The second-order valence-corrected chi connectivity index (χ2v) is 2.11. The van der Waals surface area contributed by atoms with Crippen LogP contribution in [-0.4, -0.2) is 11.1 Å². The number of hydrogen-bond donors (Lipinski definition) is 1. The average Bonchev–Trinajstić information content (AvgIpc) is 1.79. The van der Waals surface area contributed by atoms with Crippen LogP contribution in [0, 0.1) is 17.8 Å². The van der Waals surface area contributed by atoms with Gasteiger partial charge in [-0.15, -0.1) is 0 Å². The summed E-state index contributed by atoms with van der Waals surface area (Å²) in [7, 11) is 0. The smallest absolute Gasteiger partial charge is 0.328 e. The van der Waals surface area contributed by atoms with Gasteiger partial charge in [0, 0.05) is 12.0 Å². The number of hydrogen-bond acceptors (Lipinski definition) is 1. The van der Waals surface area contributed by atoms with E-state index in [0.717, 1.165) is 6.08 Å². The Labute approximate surface area is 60.6 Å². The van der Waals surface area contributed by atoms with Gasteiger partial charge in [-0.05, 0) is 6.08 Å². The third kappa shape index (κ3) is 6.77. The molecule has 0 aromatic rings. The van der Waals surface area contributed by atoms with Crippen LogP contribution in [0.1, 0.15) is 13.8 Å². The molecule has 2 heteroatoms. The number of carbonyl (C=O) groups is 1. The third-order valence-corrected chi connectivity index (χ3v) is 0.681. The van der Waals surface area contributed by atoms with Gasteiger partial charge in [-0.1, -0.05) is 25.7 Å². The van der Waals surface area contributed by atoms with Gasteiger partial charge in [0.2, 0.25) is 0 Å². The molecule has 0 aliphatic carbocycles. The minimum atomic E-state index is -0.960. The minimum absolute atomic E-state index is 0.290. The molecule has 0 rings (SSSR count). The molecule has 10 heavy (non-hydrogen) atoms. The molecule has 0 amide bonds. The van der Waals surface area contributed by atoms with Gasteiger partial charge >= 0.3 is 5.97 Å². The first kappa shape index (κ1) is 8.77. The Bertz CT molecular complexity index is 191. The minimum Gasteiger partial charge on any atom is -0.478 e. The fourth-order valence-electron chi connectivity index (χ4n) is 0.328. The highest BCUT2D eigenvalue weighted by Gasteiger charge is 1.81. The highest BCUT2D eigenvalue weighted by Crippen LogP contribution is 1.85. The van der Waals surface area contributed by atoms with Crippen LogP contribution in [-0.2, 0) is 4.79 Å². The molecule has 1 N–H and O–H groups in total.